The normalized spacial score (nSPS) is 16.4. The monoisotopic (exact) mass is 203 g/mol. The molecule has 3 heteroatoms. The molecule has 0 fully saturated rings. The first-order valence-corrected chi connectivity index (χ1v) is 5.29. The van der Waals surface area contributed by atoms with E-state index in [9.17, 15) is 0 Å². The standard InChI is InChI=1S/C12H17N3/c1-9-3-5-15(6-4-9)12-10(2)7-11(13)8-14-12/h3,7-8H,4-6,13H2,1-2H3. The molecule has 2 rings (SSSR count). The molecule has 1 aromatic rings. The van der Waals surface area contributed by atoms with Crippen LogP contribution in [-0.4, -0.2) is 18.1 Å². The average molecular weight is 203 g/mol. The Bertz CT molecular complexity index is 396. The minimum absolute atomic E-state index is 0.736. The van der Waals surface area contributed by atoms with Gasteiger partial charge in [-0.3, -0.25) is 0 Å². The molecule has 0 atom stereocenters. The van der Waals surface area contributed by atoms with Crippen LogP contribution in [0.4, 0.5) is 11.5 Å². The third-order valence-corrected chi connectivity index (χ3v) is 2.81. The van der Waals surface area contributed by atoms with Gasteiger partial charge in [-0.05, 0) is 31.9 Å². The molecule has 0 unspecified atom stereocenters. The van der Waals surface area contributed by atoms with E-state index >= 15 is 0 Å². The molecule has 80 valence electrons. The van der Waals surface area contributed by atoms with Crippen molar-refractivity contribution >= 4 is 11.5 Å². The summed E-state index contributed by atoms with van der Waals surface area (Å²) in [6.07, 6.45) is 5.12. The highest BCUT2D eigenvalue weighted by Gasteiger charge is 2.13. The van der Waals surface area contributed by atoms with Gasteiger partial charge in [0, 0.05) is 13.1 Å². The van der Waals surface area contributed by atoms with Crippen molar-refractivity contribution in [2.24, 2.45) is 0 Å². The summed E-state index contributed by atoms with van der Waals surface area (Å²) in [4.78, 5) is 6.69. The van der Waals surface area contributed by atoms with E-state index in [-0.39, 0.29) is 0 Å². The first kappa shape index (κ1) is 10.0. The maximum Gasteiger partial charge on any atom is 0.131 e. The smallest absolute Gasteiger partial charge is 0.131 e. The van der Waals surface area contributed by atoms with Crippen molar-refractivity contribution in [3.05, 3.63) is 29.5 Å². The van der Waals surface area contributed by atoms with E-state index in [1.807, 2.05) is 6.07 Å². The van der Waals surface area contributed by atoms with Gasteiger partial charge in [-0.15, -0.1) is 0 Å². The van der Waals surface area contributed by atoms with Crippen molar-refractivity contribution in [1.29, 1.82) is 0 Å². The number of nitrogen functional groups attached to an aromatic ring is 1. The minimum Gasteiger partial charge on any atom is -0.397 e. The molecule has 15 heavy (non-hydrogen) atoms. The van der Waals surface area contributed by atoms with Crippen LogP contribution in [0.3, 0.4) is 0 Å². The lowest BCUT2D eigenvalue weighted by molar-refractivity contribution is 0.772. The molecule has 1 aliphatic heterocycles. The van der Waals surface area contributed by atoms with Gasteiger partial charge in [-0.25, -0.2) is 4.98 Å². The van der Waals surface area contributed by atoms with Gasteiger partial charge in [-0.1, -0.05) is 11.6 Å². The Hall–Kier alpha value is -1.51. The van der Waals surface area contributed by atoms with E-state index in [0.717, 1.165) is 36.6 Å². The third-order valence-electron chi connectivity index (χ3n) is 2.81. The second-order valence-corrected chi connectivity index (χ2v) is 4.16. The molecule has 1 aliphatic rings. The van der Waals surface area contributed by atoms with E-state index in [1.165, 1.54) is 5.57 Å². The van der Waals surface area contributed by atoms with Crippen LogP contribution in [0, 0.1) is 6.92 Å². The van der Waals surface area contributed by atoms with Crippen molar-refractivity contribution in [3.63, 3.8) is 0 Å². The predicted molar refractivity (Wildman–Crippen MR) is 64.0 cm³/mol. The van der Waals surface area contributed by atoms with Crippen LogP contribution in [0.5, 0.6) is 0 Å². The molecular formula is C12H17N3. The summed E-state index contributed by atoms with van der Waals surface area (Å²) in [7, 11) is 0. The molecule has 0 saturated carbocycles. The second kappa shape index (κ2) is 3.93. The predicted octanol–water partition coefficient (Wildman–Crippen LogP) is 2.13. The summed E-state index contributed by atoms with van der Waals surface area (Å²) < 4.78 is 0. The highest BCUT2D eigenvalue weighted by atomic mass is 15.2. The van der Waals surface area contributed by atoms with Gasteiger partial charge >= 0.3 is 0 Å². The second-order valence-electron chi connectivity index (χ2n) is 4.16. The summed E-state index contributed by atoms with van der Waals surface area (Å²) >= 11 is 0. The zero-order valence-corrected chi connectivity index (χ0v) is 9.33. The Morgan fingerprint density at radius 1 is 1.40 bits per heavy atom. The molecule has 0 bridgehead atoms. The van der Waals surface area contributed by atoms with E-state index in [0.29, 0.717) is 0 Å². The molecule has 2 N–H and O–H groups in total. The molecule has 0 spiro atoms. The number of aromatic nitrogens is 1. The topological polar surface area (TPSA) is 42.2 Å². The number of hydrogen-bond acceptors (Lipinski definition) is 3. The van der Waals surface area contributed by atoms with E-state index in [2.05, 4.69) is 29.8 Å². The summed E-state index contributed by atoms with van der Waals surface area (Å²) in [5, 5.41) is 0. The van der Waals surface area contributed by atoms with Gasteiger partial charge < -0.3 is 10.6 Å². The van der Waals surface area contributed by atoms with Crippen molar-refractivity contribution in [3.8, 4) is 0 Å². The lowest BCUT2D eigenvalue weighted by atomic mass is 10.1. The Labute approximate surface area is 90.6 Å². The maximum absolute atomic E-state index is 5.69. The zero-order chi connectivity index (χ0) is 10.8. The molecule has 2 heterocycles. The van der Waals surface area contributed by atoms with E-state index in [4.69, 9.17) is 5.73 Å². The maximum atomic E-state index is 5.69. The minimum atomic E-state index is 0.736. The van der Waals surface area contributed by atoms with Crippen LogP contribution in [0.15, 0.2) is 23.9 Å². The fraction of sp³-hybridized carbons (Fsp3) is 0.417. The van der Waals surface area contributed by atoms with Gasteiger partial charge in [0.1, 0.15) is 5.82 Å². The van der Waals surface area contributed by atoms with Crippen molar-refractivity contribution in [1.82, 2.24) is 4.98 Å². The van der Waals surface area contributed by atoms with Gasteiger partial charge in [0.05, 0.1) is 11.9 Å². The van der Waals surface area contributed by atoms with Crippen LogP contribution in [0.1, 0.15) is 18.9 Å². The van der Waals surface area contributed by atoms with E-state index < -0.39 is 0 Å². The highest BCUT2D eigenvalue weighted by molar-refractivity contribution is 5.53. The molecule has 0 aromatic carbocycles. The molecule has 3 nitrogen and oxygen atoms in total. The number of nitrogens with zero attached hydrogens (tertiary/aromatic N) is 2. The van der Waals surface area contributed by atoms with E-state index in [1.54, 1.807) is 6.20 Å². The zero-order valence-electron chi connectivity index (χ0n) is 9.33. The van der Waals surface area contributed by atoms with Gasteiger partial charge in [-0.2, -0.15) is 0 Å². The van der Waals surface area contributed by atoms with Gasteiger partial charge in [0.2, 0.25) is 0 Å². The number of aryl methyl sites for hydroxylation is 1. The van der Waals surface area contributed by atoms with Crippen molar-refractivity contribution < 1.29 is 0 Å². The fourth-order valence-corrected chi connectivity index (χ4v) is 1.88. The summed E-state index contributed by atoms with van der Waals surface area (Å²) in [6.45, 7) is 6.26. The number of nitrogens with two attached hydrogens (primary N) is 1. The van der Waals surface area contributed by atoms with Crippen LogP contribution >= 0.6 is 0 Å². The van der Waals surface area contributed by atoms with Crippen LogP contribution in [-0.2, 0) is 0 Å². The Balaban J connectivity index is 2.23. The largest absolute Gasteiger partial charge is 0.397 e. The van der Waals surface area contributed by atoms with Crippen LogP contribution < -0.4 is 10.6 Å². The van der Waals surface area contributed by atoms with Crippen LogP contribution in [0.25, 0.3) is 0 Å². The van der Waals surface area contributed by atoms with Crippen LogP contribution in [0.2, 0.25) is 0 Å². The quantitative estimate of drug-likeness (QED) is 0.711. The number of anilines is 2. The third kappa shape index (κ3) is 2.12. The first-order chi connectivity index (χ1) is 7.16. The SMILES string of the molecule is CC1=CCN(c2ncc(N)cc2C)CC1. The van der Waals surface area contributed by atoms with Gasteiger partial charge in [0.15, 0.2) is 0 Å². The lowest BCUT2D eigenvalue weighted by Gasteiger charge is -2.27. The molecule has 0 amide bonds. The van der Waals surface area contributed by atoms with Gasteiger partial charge in [0.25, 0.3) is 0 Å². The molecule has 0 radical (unpaired) electrons. The summed E-state index contributed by atoms with van der Waals surface area (Å²) in [5.74, 6) is 1.06. The molecular weight excluding hydrogens is 186 g/mol. The molecule has 0 aliphatic carbocycles. The molecule has 0 saturated heterocycles. The number of pyridine rings is 1. The van der Waals surface area contributed by atoms with Crippen molar-refractivity contribution in [2.75, 3.05) is 23.7 Å². The lowest BCUT2D eigenvalue weighted by Crippen LogP contribution is -2.29. The average Bonchev–Trinajstić information content (AvgIpc) is 2.20. The molecule has 1 aromatic heterocycles. The Morgan fingerprint density at radius 3 is 2.80 bits per heavy atom. The Kier molecular flexibility index (Phi) is 2.62. The Morgan fingerprint density at radius 2 is 2.20 bits per heavy atom. The summed E-state index contributed by atoms with van der Waals surface area (Å²) in [5.41, 5.74) is 9.05. The fourth-order valence-electron chi connectivity index (χ4n) is 1.88. The first-order valence-electron chi connectivity index (χ1n) is 5.29. The number of rotatable bonds is 1. The summed E-state index contributed by atoms with van der Waals surface area (Å²) in [6, 6.07) is 1.98. The van der Waals surface area contributed by atoms with Crippen molar-refractivity contribution in [2.45, 2.75) is 20.3 Å². The number of hydrogen-bond donors (Lipinski definition) is 1. The highest BCUT2D eigenvalue weighted by Crippen LogP contribution is 2.22.